The largest absolute Gasteiger partial charge is 0.313 e. The van der Waals surface area contributed by atoms with Crippen molar-refractivity contribution in [1.29, 1.82) is 0 Å². The van der Waals surface area contributed by atoms with E-state index in [0.29, 0.717) is 6.04 Å². The molecule has 18 heavy (non-hydrogen) atoms. The van der Waals surface area contributed by atoms with Crippen molar-refractivity contribution < 1.29 is 0 Å². The maximum Gasteiger partial charge on any atom is 0.0351 e. The maximum atomic E-state index is 3.60. The Morgan fingerprint density at radius 3 is 2.22 bits per heavy atom. The zero-order chi connectivity index (χ0) is 12.3. The fourth-order valence-electron chi connectivity index (χ4n) is 5.19. The molecule has 1 heteroatoms. The molecular formula is C17H23N. The van der Waals surface area contributed by atoms with Gasteiger partial charge in [-0.1, -0.05) is 29.8 Å². The van der Waals surface area contributed by atoms with Crippen LogP contribution in [0.2, 0.25) is 0 Å². The van der Waals surface area contributed by atoms with Gasteiger partial charge in [0.05, 0.1) is 0 Å². The van der Waals surface area contributed by atoms with E-state index in [0.717, 1.165) is 29.6 Å². The number of nitrogens with one attached hydrogen (secondary N) is 1. The molecule has 0 aromatic heterocycles. The standard InChI is InChI=1S/C17H23N/c1-10-3-5-11(6-4-10)17(18-2)16-14-12-7-8-13(9-12)15(14)16/h3-6,12-18H,7-9H2,1-2H3. The number of benzene rings is 1. The van der Waals surface area contributed by atoms with Crippen molar-refractivity contribution in [2.45, 2.75) is 32.2 Å². The summed E-state index contributed by atoms with van der Waals surface area (Å²) in [6.07, 6.45) is 4.59. The molecule has 0 amide bonds. The molecule has 1 N–H and O–H groups in total. The lowest BCUT2D eigenvalue weighted by atomic mass is 9.93. The molecule has 3 saturated carbocycles. The van der Waals surface area contributed by atoms with E-state index in [1.165, 1.54) is 24.0 Å². The van der Waals surface area contributed by atoms with Gasteiger partial charge in [0.15, 0.2) is 0 Å². The van der Waals surface area contributed by atoms with Gasteiger partial charge in [-0.15, -0.1) is 0 Å². The van der Waals surface area contributed by atoms with Crippen LogP contribution in [0.1, 0.15) is 36.4 Å². The van der Waals surface area contributed by atoms with Crippen LogP contribution in [0.15, 0.2) is 24.3 Å². The minimum absolute atomic E-state index is 0.601. The lowest BCUT2D eigenvalue weighted by Crippen LogP contribution is -2.21. The first-order chi connectivity index (χ1) is 8.79. The van der Waals surface area contributed by atoms with Crippen LogP contribution in [0.3, 0.4) is 0 Å². The molecule has 1 aromatic carbocycles. The molecule has 1 nitrogen and oxygen atoms in total. The molecule has 1 aromatic rings. The summed E-state index contributed by atoms with van der Waals surface area (Å²) in [4.78, 5) is 0. The van der Waals surface area contributed by atoms with E-state index in [1.807, 2.05) is 0 Å². The molecule has 5 unspecified atom stereocenters. The van der Waals surface area contributed by atoms with Gasteiger partial charge in [0.2, 0.25) is 0 Å². The summed E-state index contributed by atoms with van der Waals surface area (Å²) in [7, 11) is 2.14. The summed E-state index contributed by atoms with van der Waals surface area (Å²) < 4.78 is 0. The van der Waals surface area contributed by atoms with Gasteiger partial charge in [0.25, 0.3) is 0 Å². The molecule has 0 radical (unpaired) electrons. The van der Waals surface area contributed by atoms with E-state index in [9.17, 15) is 0 Å². The van der Waals surface area contributed by atoms with E-state index < -0.39 is 0 Å². The Bertz CT molecular complexity index is 433. The highest BCUT2D eigenvalue weighted by Gasteiger charge is 2.66. The molecule has 0 spiro atoms. The summed E-state index contributed by atoms with van der Waals surface area (Å²) in [6.45, 7) is 2.17. The van der Waals surface area contributed by atoms with Crippen LogP contribution in [-0.2, 0) is 0 Å². The smallest absolute Gasteiger partial charge is 0.0351 e. The Kier molecular flexibility index (Phi) is 2.35. The minimum atomic E-state index is 0.601. The highest BCUT2D eigenvalue weighted by molar-refractivity contribution is 5.28. The molecule has 3 aliphatic rings. The van der Waals surface area contributed by atoms with Crippen LogP contribution < -0.4 is 5.32 Å². The van der Waals surface area contributed by atoms with Gasteiger partial charge in [-0.05, 0) is 68.4 Å². The first kappa shape index (κ1) is 11.0. The van der Waals surface area contributed by atoms with E-state index in [-0.39, 0.29) is 0 Å². The second kappa shape index (κ2) is 3.84. The lowest BCUT2D eigenvalue weighted by Gasteiger charge is -2.20. The summed E-state index contributed by atoms with van der Waals surface area (Å²) in [5.74, 6) is 5.20. The predicted molar refractivity (Wildman–Crippen MR) is 74.3 cm³/mol. The molecule has 96 valence electrons. The van der Waals surface area contributed by atoms with Gasteiger partial charge >= 0.3 is 0 Å². The average Bonchev–Trinajstić information content (AvgIpc) is 2.81. The summed E-state index contributed by atoms with van der Waals surface area (Å²) in [5.41, 5.74) is 2.87. The fourth-order valence-corrected chi connectivity index (χ4v) is 5.19. The Labute approximate surface area is 110 Å². The molecule has 0 aliphatic heterocycles. The molecule has 2 bridgehead atoms. The maximum absolute atomic E-state index is 3.60. The van der Waals surface area contributed by atoms with Gasteiger partial charge in [-0.2, -0.15) is 0 Å². The average molecular weight is 241 g/mol. The van der Waals surface area contributed by atoms with Gasteiger partial charge in [-0.3, -0.25) is 0 Å². The summed E-state index contributed by atoms with van der Waals surface area (Å²) in [6, 6.07) is 9.77. The third-order valence-electron chi connectivity index (χ3n) is 5.93. The topological polar surface area (TPSA) is 12.0 Å². The molecule has 3 fully saturated rings. The number of fused-ring (bicyclic) bond motifs is 5. The van der Waals surface area contributed by atoms with E-state index in [2.05, 4.69) is 43.6 Å². The number of aryl methyl sites for hydroxylation is 1. The van der Waals surface area contributed by atoms with Crippen molar-refractivity contribution in [2.24, 2.45) is 29.6 Å². The first-order valence-corrected chi connectivity index (χ1v) is 7.53. The third-order valence-corrected chi connectivity index (χ3v) is 5.93. The molecule has 3 aliphatic carbocycles. The van der Waals surface area contributed by atoms with Crippen LogP contribution in [0.4, 0.5) is 0 Å². The van der Waals surface area contributed by atoms with Crippen molar-refractivity contribution in [3.05, 3.63) is 35.4 Å². The summed E-state index contributed by atoms with van der Waals surface area (Å²) >= 11 is 0. The van der Waals surface area contributed by atoms with Gasteiger partial charge < -0.3 is 5.32 Å². The monoisotopic (exact) mass is 241 g/mol. The molecular weight excluding hydrogens is 218 g/mol. The molecule has 0 heterocycles. The highest BCUT2D eigenvalue weighted by Crippen LogP contribution is 2.72. The van der Waals surface area contributed by atoms with E-state index in [1.54, 1.807) is 6.42 Å². The van der Waals surface area contributed by atoms with Crippen molar-refractivity contribution in [2.75, 3.05) is 7.05 Å². The molecule has 0 saturated heterocycles. The van der Waals surface area contributed by atoms with Crippen LogP contribution in [-0.4, -0.2) is 7.05 Å². The normalized spacial score (nSPS) is 41.8. The third kappa shape index (κ3) is 1.43. The van der Waals surface area contributed by atoms with Crippen LogP contribution in [0, 0.1) is 36.5 Å². The van der Waals surface area contributed by atoms with E-state index in [4.69, 9.17) is 0 Å². The zero-order valence-electron chi connectivity index (χ0n) is 11.4. The van der Waals surface area contributed by atoms with Gasteiger partial charge in [0, 0.05) is 6.04 Å². The second-order valence-electron chi connectivity index (χ2n) is 6.74. The Morgan fingerprint density at radius 1 is 1.06 bits per heavy atom. The minimum Gasteiger partial charge on any atom is -0.313 e. The Morgan fingerprint density at radius 2 is 1.67 bits per heavy atom. The molecule has 5 atom stereocenters. The summed E-state index contributed by atoms with van der Waals surface area (Å²) in [5, 5.41) is 3.60. The van der Waals surface area contributed by atoms with Crippen LogP contribution in [0.25, 0.3) is 0 Å². The predicted octanol–water partition coefficient (Wildman–Crippen LogP) is 3.55. The van der Waals surface area contributed by atoms with Crippen LogP contribution in [0.5, 0.6) is 0 Å². The van der Waals surface area contributed by atoms with Crippen molar-refractivity contribution in [1.82, 2.24) is 5.32 Å². The van der Waals surface area contributed by atoms with E-state index >= 15 is 0 Å². The SMILES string of the molecule is CNC(c1ccc(C)cc1)C1C2C3CCC(C3)C21. The quantitative estimate of drug-likeness (QED) is 0.853. The number of rotatable bonds is 3. The van der Waals surface area contributed by atoms with Crippen molar-refractivity contribution >= 4 is 0 Å². The number of hydrogen-bond acceptors (Lipinski definition) is 1. The Hall–Kier alpha value is -0.820. The fraction of sp³-hybridized carbons (Fsp3) is 0.647. The first-order valence-electron chi connectivity index (χ1n) is 7.53. The van der Waals surface area contributed by atoms with Crippen molar-refractivity contribution in [3.8, 4) is 0 Å². The highest BCUT2D eigenvalue weighted by atomic mass is 14.9. The van der Waals surface area contributed by atoms with Gasteiger partial charge in [-0.25, -0.2) is 0 Å². The van der Waals surface area contributed by atoms with Crippen LogP contribution >= 0.6 is 0 Å². The second-order valence-corrected chi connectivity index (χ2v) is 6.74. The van der Waals surface area contributed by atoms with Gasteiger partial charge in [0.1, 0.15) is 0 Å². The zero-order valence-corrected chi connectivity index (χ0v) is 11.4. The van der Waals surface area contributed by atoms with Crippen molar-refractivity contribution in [3.63, 3.8) is 0 Å². The number of hydrogen-bond donors (Lipinski definition) is 1. The Balaban J connectivity index is 1.58. The lowest BCUT2D eigenvalue weighted by molar-refractivity contribution is 0.385. The molecule has 4 rings (SSSR count).